The number of amides is 1. The molecule has 3 aromatic rings. The fourth-order valence-corrected chi connectivity index (χ4v) is 2.65. The number of para-hydroxylation sites is 1. The van der Waals surface area contributed by atoms with Crippen LogP contribution in [0.1, 0.15) is 11.1 Å². The van der Waals surface area contributed by atoms with Gasteiger partial charge in [-0.05, 0) is 29.8 Å². The number of nitrogens with zero attached hydrogens (tertiary/aromatic N) is 2. The number of benzene rings is 2. The number of nitriles is 1. The van der Waals surface area contributed by atoms with Crippen molar-refractivity contribution in [3.05, 3.63) is 71.7 Å². The molecule has 0 aliphatic carbocycles. The molecule has 1 aromatic heterocycles. The molecule has 1 amide bonds. The Morgan fingerprint density at radius 1 is 1.21 bits per heavy atom. The fraction of sp³-hybridized carbons (Fsp3) is 0.0526. The summed E-state index contributed by atoms with van der Waals surface area (Å²) in [6.07, 6.45) is 3.52. The van der Waals surface area contributed by atoms with Gasteiger partial charge in [-0.3, -0.25) is 4.79 Å². The van der Waals surface area contributed by atoms with Crippen LogP contribution in [-0.4, -0.2) is 10.5 Å². The standard InChI is InChI=1S/C19H14FN3O/c20-16-7-5-13(6-8-16)14(10-21)9-15-11-23(12-19(22)24)18-4-2-1-3-17(15)18/h1-9,11H,12H2,(H2,22,24)/b14-9-. The number of carbonyl (C=O) groups is 1. The van der Waals surface area contributed by atoms with Crippen LogP contribution in [0.4, 0.5) is 4.39 Å². The minimum Gasteiger partial charge on any atom is -0.368 e. The predicted octanol–water partition coefficient (Wildman–Crippen LogP) is 3.33. The molecule has 0 aliphatic heterocycles. The quantitative estimate of drug-likeness (QED) is 0.749. The van der Waals surface area contributed by atoms with Crippen molar-refractivity contribution in [1.82, 2.24) is 4.57 Å². The second-order valence-electron chi connectivity index (χ2n) is 5.37. The van der Waals surface area contributed by atoms with Crippen molar-refractivity contribution in [2.45, 2.75) is 6.54 Å². The van der Waals surface area contributed by atoms with E-state index in [0.717, 1.165) is 16.5 Å². The number of fused-ring (bicyclic) bond motifs is 1. The zero-order valence-electron chi connectivity index (χ0n) is 12.7. The van der Waals surface area contributed by atoms with Gasteiger partial charge in [0.1, 0.15) is 12.4 Å². The highest BCUT2D eigenvalue weighted by Gasteiger charge is 2.10. The van der Waals surface area contributed by atoms with Gasteiger partial charge in [0.25, 0.3) is 0 Å². The van der Waals surface area contributed by atoms with E-state index in [-0.39, 0.29) is 12.4 Å². The van der Waals surface area contributed by atoms with E-state index in [2.05, 4.69) is 6.07 Å². The van der Waals surface area contributed by atoms with E-state index in [1.54, 1.807) is 29.0 Å². The van der Waals surface area contributed by atoms with Crippen molar-refractivity contribution in [2.24, 2.45) is 5.73 Å². The maximum absolute atomic E-state index is 13.1. The molecule has 2 aromatic carbocycles. The van der Waals surface area contributed by atoms with Crippen molar-refractivity contribution in [3.8, 4) is 6.07 Å². The summed E-state index contributed by atoms with van der Waals surface area (Å²) in [5.41, 5.74) is 8.00. The molecule has 5 heteroatoms. The van der Waals surface area contributed by atoms with Gasteiger partial charge < -0.3 is 10.3 Å². The molecule has 0 radical (unpaired) electrons. The van der Waals surface area contributed by atoms with Crippen molar-refractivity contribution in [3.63, 3.8) is 0 Å². The minimum absolute atomic E-state index is 0.0623. The van der Waals surface area contributed by atoms with Crippen molar-refractivity contribution in [1.29, 1.82) is 5.26 Å². The number of hydrogen-bond donors (Lipinski definition) is 1. The third-order valence-electron chi connectivity index (χ3n) is 3.72. The molecule has 0 atom stereocenters. The van der Waals surface area contributed by atoms with Crippen LogP contribution >= 0.6 is 0 Å². The number of primary amides is 1. The number of carbonyl (C=O) groups excluding carboxylic acids is 1. The average Bonchev–Trinajstić information content (AvgIpc) is 2.91. The van der Waals surface area contributed by atoms with Gasteiger partial charge in [-0.25, -0.2) is 4.39 Å². The van der Waals surface area contributed by atoms with Gasteiger partial charge in [0.2, 0.25) is 5.91 Å². The number of halogens is 1. The Kier molecular flexibility index (Phi) is 4.13. The molecular formula is C19H14FN3O. The summed E-state index contributed by atoms with van der Waals surface area (Å²) in [5, 5.41) is 10.4. The maximum atomic E-state index is 13.1. The largest absolute Gasteiger partial charge is 0.368 e. The number of aromatic nitrogens is 1. The predicted molar refractivity (Wildman–Crippen MR) is 91.0 cm³/mol. The van der Waals surface area contributed by atoms with E-state index in [1.165, 1.54) is 12.1 Å². The second kappa shape index (κ2) is 6.39. The molecule has 0 bridgehead atoms. The molecule has 0 aliphatic rings. The second-order valence-corrected chi connectivity index (χ2v) is 5.37. The first kappa shape index (κ1) is 15.5. The Hall–Kier alpha value is -3.39. The molecule has 0 fully saturated rings. The van der Waals surface area contributed by atoms with E-state index in [1.807, 2.05) is 24.3 Å². The third-order valence-corrected chi connectivity index (χ3v) is 3.72. The first-order chi connectivity index (χ1) is 11.6. The zero-order valence-corrected chi connectivity index (χ0v) is 12.7. The molecule has 118 valence electrons. The summed E-state index contributed by atoms with van der Waals surface area (Å²) in [7, 11) is 0. The number of rotatable bonds is 4. The van der Waals surface area contributed by atoms with Gasteiger partial charge >= 0.3 is 0 Å². The Bertz CT molecular complexity index is 978. The van der Waals surface area contributed by atoms with Gasteiger partial charge in [0.05, 0.1) is 11.6 Å². The monoisotopic (exact) mass is 319 g/mol. The molecule has 0 unspecified atom stereocenters. The smallest absolute Gasteiger partial charge is 0.237 e. The van der Waals surface area contributed by atoms with Crippen LogP contribution in [-0.2, 0) is 11.3 Å². The van der Waals surface area contributed by atoms with E-state index in [0.29, 0.717) is 11.1 Å². The normalized spacial score (nSPS) is 11.4. The minimum atomic E-state index is -0.440. The highest BCUT2D eigenvalue weighted by Crippen LogP contribution is 2.26. The molecule has 0 saturated carbocycles. The summed E-state index contributed by atoms with van der Waals surface area (Å²) in [5.74, 6) is -0.792. The van der Waals surface area contributed by atoms with E-state index in [9.17, 15) is 14.4 Å². The van der Waals surface area contributed by atoms with Crippen LogP contribution < -0.4 is 5.73 Å². The summed E-state index contributed by atoms with van der Waals surface area (Å²) >= 11 is 0. The lowest BCUT2D eigenvalue weighted by Gasteiger charge is -2.00. The number of allylic oxidation sites excluding steroid dienone is 1. The molecule has 24 heavy (non-hydrogen) atoms. The van der Waals surface area contributed by atoms with Gasteiger partial charge in [-0.2, -0.15) is 5.26 Å². The average molecular weight is 319 g/mol. The van der Waals surface area contributed by atoms with E-state index >= 15 is 0 Å². The first-order valence-corrected chi connectivity index (χ1v) is 7.32. The molecule has 4 nitrogen and oxygen atoms in total. The van der Waals surface area contributed by atoms with Crippen molar-refractivity contribution < 1.29 is 9.18 Å². The molecule has 0 spiro atoms. The molecule has 3 rings (SSSR count). The van der Waals surface area contributed by atoms with Gasteiger partial charge in [-0.1, -0.05) is 30.3 Å². The Balaban J connectivity index is 2.13. The van der Waals surface area contributed by atoms with Crippen LogP contribution in [0, 0.1) is 17.1 Å². The zero-order chi connectivity index (χ0) is 17.1. The molecule has 2 N–H and O–H groups in total. The summed E-state index contributed by atoms with van der Waals surface area (Å²) in [6.45, 7) is 0.0623. The lowest BCUT2D eigenvalue weighted by molar-refractivity contribution is -0.118. The summed E-state index contributed by atoms with van der Waals surface area (Å²) in [4.78, 5) is 11.3. The molecule has 1 heterocycles. The highest BCUT2D eigenvalue weighted by molar-refractivity contribution is 5.98. The summed E-state index contributed by atoms with van der Waals surface area (Å²) in [6, 6.07) is 15.5. The van der Waals surface area contributed by atoms with Crippen LogP contribution in [0.25, 0.3) is 22.6 Å². The van der Waals surface area contributed by atoms with Crippen LogP contribution in [0.5, 0.6) is 0 Å². The molecule has 0 saturated heterocycles. The van der Waals surface area contributed by atoms with Crippen molar-refractivity contribution in [2.75, 3.05) is 0 Å². The van der Waals surface area contributed by atoms with Gasteiger partial charge in [0, 0.05) is 22.7 Å². The lowest BCUT2D eigenvalue weighted by atomic mass is 10.0. The van der Waals surface area contributed by atoms with Gasteiger partial charge in [0.15, 0.2) is 0 Å². The molecular weight excluding hydrogens is 305 g/mol. The Morgan fingerprint density at radius 3 is 2.58 bits per heavy atom. The lowest BCUT2D eigenvalue weighted by Crippen LogP contribution is -2.17. The Labute approximate surface area is 138 Å². The highest BCUT2D eigenvalue weighted by atomic mass is 19.1. The van der Waals surface area contributed by atoms with Crippen LogP contribution in [0.15, 0.2) is 54.7 Å². The fourth-order valence-electron chi connectivity index (χ4n) is 2.65. The third kappa shape index (κ3) is 3.03. The van der Waals surface area contributed by atoms with Crippen LogP contribution in [0.3, 0.4) is 0 Å². The topological polar surface area (TPSA) is 71.8 Å². The van der Waals surface area contributed by atoms with Crippen LogP contribution in [0.2, 0.25) is 0 Å². The van der Waals surface area contributed by atoms with Gasteiger partial charge in [-0.15, -0.1) is 0 Å². The SMILES string of the molecule is N#C/C(=C/c1cn(CC(N)=O)c2ccccc12)c1ccc(F)cc1. The maximum Gasteiger partial charge on any atom is 0.237 e. The first-order valence-electron chi connectivity index (χ1n) is 7.32. The summed E-state index contributed by atoms with van der Waals surface area (Å²) < 4.78 is 14.8. The Morgan fingerprint density at radius 2 is 1.92 bits per heavy atom. The number of hydrogen-bond acceptors (Lipinski definition) is 2. The van der Waals surface area contributed by atoms with E-state index < -0.39 is 5.91 Å². The van der Waals surface area contributed by atoms with E-state index in [4.69, 9.17) is 5.73 Å². The number of nitrogens with two attached hydrogens (primary N) is 1. The van der Waals surface area contributed by atoms with Crippen molar-refractivity contribution >= 4 is 28.5 Å².